The van der Waals surface area contributed by atoms with E-state index in [2.05, 4.69) is 10.3 Å². The molecule has 6 heteroatoms. The molecular formula is C18H26N4O2. The van der Waals surface area contributed by atoms with Crippen molar-refractivity contribution in [2.75, 3.05) is 32.0 Å². The number of aromatic nitrogens is 1. The maximum atomic E-state index is 12.8. The second-order valence-electron chi connectivity index (χ2n) is 6.60. The van der Waals surface area contributed by atoms with E-state index in [1.54, 1.807) is 11.1 Å². The maximum absolute atomic E-state index is 12.8. The van der Waals surface area contributed by atoms with Gasteiger partial charge in [-0.25, -0.2) is 4.98 Å². The van der Waals surface area contributed by atoms with E-state index in [9.17, 15) is 9.59 Å². The van der Waals surface area contributed by atoms with Crippen LogP contribution in [0, 0.1) is 0 Å². The molecule has 1 atom stereocenters. The Bertz CT molecular complexity index is 604. The van der Waals surface area contributed by atoms with Crippen molar-refractivity contribution in [1.29, 1.82) is 0 Å². The third-order valence-corrected chi connectivity index (χ3v) is 5.00. The van der Waals surface area contributed by atoms with Crippen LogP contribution in [0.5, 0.6) is 0 Å². The van der Waals surface area contributed by atoms with Gasteiger partial charge in [0, 0.05) is 32.8 Å². The molecule has 2 amide bonds. The van der Waals surface area contributed by atoms with Crippen LogP contribution in [0.1, 0.15) is 50.1 Å². The van der Waals surface area contributed by atoms with Gasteiger partial charge in [-0.15, -0.1) is 0 Å². The van der Waals surface area contributed by atoms with Gasteiger partial charge in [-0.1, -0.05) is 6.42 Å². The lowest BCUT2D eigenvalue weighted by atomic mass is 10.1. The quantitative estimate of drug-likeness (QED) is 0.919. The van der Waals surface area contributed by atoms with E-state index < -0.39 is 0 Å². The molecule has 0 unspecified atom stereocenters. The molecule has 3 rings (SSSR count). The minimum atomic E-state index is 0.0653. The molecule has 2 saturated heterocycles. The lowest BCUT2D eigenvalue weighted by Crippen LogP contribution is -2.42. The Morgan fingerprint density at radius 1 is 1.29 bits per heavy atom. The predicted octanol–water partition coefficient (Wildman–Crippen LogP) is 2.19. The van der Waals surface area contributed by atoms with E-state index in [0.29, 0.717) is 13.0 Å². The molecule has 0 spiro atoms. The molecule has 1 N–H and O–H groups in total. The van der Waals surface area contributed by atoms with Crippen LogP contribution >= 0.6 is 0 Å². The number of nitrogens with one attached hydrogen (secondary N) is 1. The number of likely N-dealkylation sites (tertiary alicyclic amines) is 2. The zero-order chi connectivity index (χ0) is 16.9. The van der Waals surface area contributed by atoms with Gasteiger partial charge in [0.05, 0.1) is 12.6 Å². The van der Waals surface area contributed by atoms with Gasteiger partial charge in [0.25, 0.3) is 0 Å². The first-order valence-corrected chi connectivity index (χ1v) is 8.90. The number of hydrogen-bond donors (Lipinski definition) is 1. The van der Waals surface area contributed by atoms with Gasteiger partial charge < -0.3 is 15.1 Å². The summed E-state index contributed by atoms with van der Waals surface area (Å²) in [6, 6.07) is 4.08. The Morgan fingerprint density at radius 3 is 3.00 bits per heavy atom. The fourth-order valence-corrected chi connectivity index (χ4v) is 3.66. The third kappa shape index (κ3) is 3.68. The summed E-state index contributed by atoms with van der Waals surface area (Å²) in [5, 5.41) is 3.05. The van der Waals surface area contributed by atoms with Crippen molar-refractivity contribution in [2.24, 2.45) is 0 Å². The van der Waals surface area contributed by atoms with Crippen LogP contribution in [-0.2, 0) is 9.59 Å². The van der Waals surface area contributed by atoms with Crippen LogP contribution in [0.2, 0.25) is 0 Å². The smallest absolute Gasteiger partial charge is 0.242 e. The standard InChI is InChI=1S/C18H26N4O2/c1-19-16-12-14(8-9-20-16)15-6-5-11-22(15)18(24)13-21-10-4-2-3-7-17(21)23/h8-9,12,15H,2-7,10-11,13H2,1H3,(H,19,20)/t15-/m1/s1. The highest BCUT2D eigenvalue weighted by Gasteiger charge is 2.31. The molecule has 0 saturated carbocycles. The van der Waals surface area contributed by atoms with Crippen molar-refractivity contribution in [2.45, 2.75) is 44.6 Å². The number of hydrogen-bond acceptors (Lipinski definition) is 4. The Kier molecular flexibility index (Phi) is 5.33. The van der Waals surface area contributed by atoms with Gasteiger partial charge in [0.15, 0.2) is 0 Å². The highest BCUT2D eigenvalue weighted by Crippen LogP contribution is 2.32. The summed E-state index contributed by atoms with van der Waals surface area (Å²) in [6.45, 7) is 1.70. The molecule has 0 bridgehead atoms. The summed E-state index contributed by atoms with van der Waals surface area (Å²) >= 11 is 0. The summed E-state index contributed by atoms with van der Waals surface area (Å²) in [6.07, 6.45) is 7.34. The van der Waals surface area contributed by atoms with Crippen LogP contribution in [-0.4, -0.2) is 53.3 Å². The number of amides is 2. The van der Waals surface area contributed by atoms with E-state index in [-0.39, 0.29) is 24.4 Å². The van der Waals surface area contributed by atoms with Crippen LogP contribution < -0.4 is 5.32 Å². The highest BCUT2D eigenvalue weighted by atomic mass is 16.2. The van der Waals surface area contributed by atoms with Gasteiger partial charge in [-0.2, -0.15) is 0 Å². The Balaban J connectivity index is 1.70. The van der Waals surface area contributed by atoms with Gasteiger partial charge in [-0.05, 0) is 43.4 Å². The van der Waals surface area contributed by atoms with Crippen molar-refractivity contribution in [1.82, 2.24) is 14.8 Å². The molecule has 2 aliphatic rings. The minimum absolute atomic E-state index is 0.0653. The van der Waals surface area contributed by atoms with E-state index in [1.807, 2.05) is 24.1 Å². The fraction of sp³-hybridized carbons (Fsp3) is 0.611. The largest absolute Gasteiger partial charge is 0.373 e. The first kappa shape index (κ1) is 16.7. The fourth-order valence-electron chi connectivity index (χ4n) is 3.66. The van der Waals surface area contributed by atoms with E-state index in [0.717, 1.165) is 50.0 Å². The molecule has 0 radical (unpaired) electrons. The number of anilines is 1. The number of nitrogens with zero attached hydrogens (tertiary/aromatic N) is 3. The minimum Gasteiger partial charge on any atom is -0.373 e. The first-order chi connectivity index (χ1) is 11.7. The Hall–Kier alpha value is -2.11. The zero-order valence-electron chi connectivity index (χ0n) is 14.3. The zero-order valence-corrected chi connectivity index (χ0v) is 14.3. The predicted molar refractivity (Wildman–Crippen MR) is 92.5 cm³/mol. The molecule has 130 valence electrons. The molecular weight excluding hydrogens is 304 g/mol. The van der Waals surface area contributed by atoms with Crippen molar-refractivity contribution < 1.29 is 9.59 Å². The van der Waals surface area contributed by atoms with Gasteiger partial charge >= 0.3 is 0 Å². The van der Waals surface area contributed by atoms with Crippen LogP contribution in [0.4, 0.5) is 5.82 Å². The molecule has 1 aromatic heterocycles. The molecule has 0 aromatic carbocycles. The molecule has 24 heavy (non-hydrogen) atoms. The normalized spacial score (nSPS) is 21.7. The summed E-state index contributed by atoms with van der Waals surface area (Å²) in [4.78, 5) is 32.9. The molecule has 0 aliphatic carbocycles. The molecule has 6 nitrogen and oxygen atoms in total. The lowest BCUT2D eigenvalue weighted by Gasteiger charge is -2.28. The topological polar surface area (TPSA) is 65.5 Å². The van der Waals surface area contributed by atoms with E-state index >= 15 is 0 Å². The lowest BCUT2D eigenvalue weighted by molar-refractivity contribution is -0.140. The number of carbonyl (C=O) groups is 2. The third-order valence-electron chi connectivity index (χ3n) is 5.00. The van der Waals surface area contributed by atoms with E-state index in [4.69, 9.17) is 0 Å². The molecule has 3 heterocycles. The maximum Gasteiger partial charge on any atom is 0.242 e. The van der Waals surface area contributed by atoms with Gasteiger partial charge in [0.2, 0.25) is 11.8 Å². The highest BCUT2D eigenvalue weighted by molar-refractivity contribution is 5.85. The van der Waals surface area contributed by atoms with Crippen molar-refractivity contribution in [3.05, 3.63) is 23.9 Å². The molecule has 1 aromatic rings. The van der Waals surface area contributed by atoms with Crippen LogP contribution in [0.3, 0.4) is 0 Å². The summed E-state index contributed by atoms with van der Waals surface area (Å²) in [7, 11) is 1.84. The van der Waals surface area contributed by atoms with Crippen molar-refractivity contribution in [3.8, 4) is 0 Å². The van der Waals surface area contributed by atoms with Crippen LogP contribution in [0.15, 0.2) is 18.3 Å². The monoisotopic (exact) mass is 330 g/mol. The Morgan fingerprint density at radius 2 is 2.17 bits per heavy atom. The second kappa shape index (κ2) is 7.64. The summed E-state index contributed by atoms with van der Waals surface area (Å²) in [5.41, 5.74) is 1.11. The van der Waals surface area contributed by atoms with Crippen molar-refractivity contribution >= 4 is 17.6 Å². The average molecular weight is 330 g/mol. The van der Waals surface area contributed by atoms with Crippen LogP contribution in [0.25, 0.3) is 0 Å². The average Bonchev–Trinajstić information content (AvgIpc) is 3.01. The first-order valence-electron chi connectivity index (χ1n) is 8.90. The van der Waals surface area contributed by atoms with E-state index in [1.165, 1.54) is 0 Å². The van der Waals surface area contributed by atoms with Gasteiger partial charge in [-0.3, -0.25) is 9.59 Å². The summed E-state index contributed by atoms with van der Waals surface area (Å²) in [5.74, 6) is 1.00. The number of pyridine rings is 1. The molecule has 2 fully saturated rings. The second-order valence-corrected chi connectivity index (χ2v) is 6.60. The van der Waals surface area contributed by atoms with Gasteiger partial charge in [0.1, 0.15) is 5.82 Å². The summed E-state index contributed by atoms with van der Waals surface area (Å²) < 4.78 is 0. The Labute approximate surface area is 143 Å². The van der Waals surface area contributed by atoms with Crippen molar-refractivity contribution in [3.63, 3.8) is 0 Å². The number of carbonyl (C=O) groups excluding carboxylic acids is 2. The SMILES string of the molecule is CNc1cc([C@H]2CCCN2C(=O)CN2CCCCCC2=O)ccn1. The molecule has 2 aliphatic heterocycles. The number of rotatable bonds is 4.